The van der Waals surface area contributed by atoms with E-state index in [9.17, 15) is 9.59 Å². The monoisotopic (exact) mass is 247 g/mol. The van der Waals surface area contributed by atoms with Gasteiger partial charge in [-0.3, -0.25) is 4.79 Å². The van der Waals surface area contributed by atoms with Gasteiger partial charge < -0.3 is 16.0 Å². The highest BCUT2D eigenvalue weighted by atomic mass is 16.2. The lowest BCUT2D eigenvalue weighted by molar-refractivity contribution is 0.0963. The fraction of sp³-hybridized carbons (Fsp3) is 0.385. The molecule has 0 saturated heterocycles. The molecule has 2 rings (SSSR count). The van der Waals surface area contributed by atoms with Crippen LogP contribution in [0, 0.1) is 6.92 Å². The van der Waals surface area contributed by atoms with Crippen molar-refractivity contribution < 1.29 is 9.59 Å². The maximum atomic E-state index is 11.6. The van der Waals surface area contributed by atoms with Crippen molar-refractivity contribution in [2.45, 2.75) is 25.8 Å². The molecule has 0 unspecified atom stereocenters. The summed E-state index contributed by atoms with van der Waals surface area (Å²) in [5.74, 6) is -0.166. The summed E-state index contributed by atoms with van der Waals surface area (Å²) in [5.41, 5.74) is 2.12. The summed E-state index contributed by atoms with van der Waals surface area (Å²) in [7, 11) is 1.58. The Balaban J connectivity index is 2.09. The lowest BCUT2D eigenvalue weighted by atomic mass is 10.1. The lowest BCUT2D eigenvalue weighted by Gasteiger charge is -2.10. The van der Waals surface area contributed by atoms with E-state index in [1.54, 1.807) is 19.2 Å². The van der Waals surface area contributed by atoms with E-state index >= 15 is 0 Å². The average molecular weight is 247 g/mol. The van der Waals surface area contributed by atoms with Gasteiger partial charge >= 0.3 is 6.03 Å². The van der Waals surface area contributed by atoms with Crippen molar-refractivity contribution in [2.75, 3.05) is 12.4 Å². The van der Waals surface area contributed by atoms with Gasteiger partial charge in [-0.1, -0.05) is 6.07 Å². The molecule has 1 saturated carbocycles. The van der Waals surface area contributed by atoms with Gasteiger partial charge in [0.1, 0.15) is 0 Å². The summed E-state index contributed by atoms with van der Waals surface area (Å²) in [5, 5.41) is 8.17. The second-order valence-electron chi connectivity index (χ2n) is 4.48. The Labute approximate surface area is 106 Å². The largest absolute Gasteiger partial charge is 0.355 e. The summed E-state index contributed by atoms with van der Waals surface area (Å²) in [6, 6.07) is 5.33. The molecule has 1 aromatic rings. The topological polar surface area (TPSA) is 70.2 Å². The molecule has 18 heavy (non-hydrogen) atoms. The van der Waals surface area contributed by atoms with Crippen molar-refractivity contribution in [2.24, 2.45) is 0 Å². The van der Waals surface area contributed by atoms with E-state index in [0.717, 1.165) is 18.4 Å². The maximum Gasteiger partial charge on any atom is 0.319 e. The number of amides is 3. The van der Waals surface area contributed by atoms with Gasteiger partial charge in [0, 0.05) is 24.3 Å². The highest BCUT2D eigenvalue weighted by molar-refractivity contribution is 5.97. The molecule has 5 heteroatoms. The first-order valence-corrected chi connectivity index (χ1v) is 6.00. The quantitative estimate of drug-likeness (QED) is 0.760. The zero-order valence-electron chi connectivity index (χ0n) is 10.5. The van der Waals surface area contributed by atoms with Gasteiger partial charge in [-0.05, 0) is 37.5 Å². The normalized spacial score (nSPS) is 13.9. The molecule has 0 bridgehead atoms. The van der Waals surface area contributed by atoms with Crippen LogP contribution in [-0.2, 0) is 0 Å². The van der Waals surface area contributed by atoms with Crippen LogP contribution in [0.2, 0.25) is 0 Å². The molecule has 0 aliphatic heterocycles. The Morgan fingerprint density at radius 2 is 2.00 bits per heavy atom. The zero-order chi connectivity index (χ0) is 13.1. The van der Waals surface area contributed by atoms with Crippen LogP contribution in [0.1, 0.15) is 28.8 Å². The van der Waals surface area contributed by atoms with Crippen LogP contribution >= 0.6 is 0 Å². The number of aryl methyl sites for hydroxylation is 1. The highest BCUT2D eigenvalue weighted by Gasteiger charge is 2.23. The Kier molecular flexibility index (Phi) is 3.50. The molecule has 0 spiro atoms. The number of rotatable bonds is 3. The van der Waals surface area contributed by atoms with Crippen LogP contribution < -0.4 is 16.0 Å². The molecule has 1 aliphatic carbocycles. The summed E-state index contributed by atoms with van der Waals surface area (Å²) in [6.07, 6.45) is 2.09. The van der Waals surface area contributed by atoms with Crippen LogP contribution in [0.4, 0.5) is 10.5 Å². The number of anilines is 1. The molecule has 1 aliphatic rings. The molecule has 5 nitrogen and oxygen atoms in total. The lowest BCUT2D eigenvalue weighted by Crippen LogP contribution is -2.30. The van der Waals surface area contributed by atoms with Crippen molar-refractivity contribution in [3.63, 3.8) is 0 Å². The van der Waals surface area contributed by atoms with E-state index in [4.69, 9.17) is 0 Å². The minimum Gasteiger partial charge on any atom is -0.355 e. The van der Waals surface area contributed by atoms with Crippen LogP contribution in [0.15, 0.2) is 18.2 Å². The summed E-state index contributed by atoms with van der Waals surface area (Å²) < 4.78 is 0. The predicted molar refractivity (Wildman–Crippen MR) is 69.7 cm³/mol. The molecule has 1 fully saturated rings. The Bertz CT molecular complexity index is 481. The Morgan fingerprint density at radius 1 is 1.28 bits per heavy atom. The third-order valence-electron chi connectivity index (χ3n) is 2.89. The van der Waals surface area contributed by atoms with Gasteiger partial charge in [-0.2, -0.15) is 0 Å². The van der Waals surface area contributed by atoms with Crippen molar-refractivity contribution in [1.29, 1.82) is 0 Å². The first-order valence-electron chi connectivity index (χ1n) is 6.00. The first-order chi connectivity index (χ1) is 8.60. The highest BCUT2D eigenvalue weighted by Crippen LogP contribution is 2.20. The van der Waals surface area contributed by atoms with Crippen molar-refractivity contribution >= 4 is 17.6 Å². The van der Waals surface area contributed by atoms with Crippen molar-refractivity contribution in [3.05, 3.63) is 29.3 Å². The fourth-order valence-electron chi connectivity index (χ4n) is 1.61. The van der Waals surface area contributed by atoms with Gasteiger partial charge in [0.15, 0.2) is 0 Å². The summed E-state index contributed by atoms with van der Waals surface area (Å²) in [4.78, 5) is 23.2. The summed E-state index contributed by atoms with van der Waals surface area (Å²) >= 11 is 0. The van der Waals surface area contributed by atoms with Gasteiger partial charge in [0.25, 0.3) is 5.91 Å². The van der Waals surface area contributed by atoms with Crippen LogP contribution in [-0.4, -0.2) is 25.0 Å². The Morgan fingerprint density at radius 3 is 2.61 bits per heavy atom. The number of urea groups is 1. The standard InChI is InChI=1S/C13H17N3O2/c1-8-3-4-9(12(17)14-2)7-11(8)16-13(18)15-10-5-6-10/h3-4,7,10H,5-6H2,1-2H3,(H,14,17)(H2,15,16,18). The van der Waals surface area contributed by atoms with E-state index in [-0.39, 0.29) is 11.9 Å². The number of carbonyl (C=O) groups is 2. The van der Waals surface area contributed by atoms with Crippen LogP contribution in [0.25, 0.3) is 0 Å². The molecule has 0 atom stereocenters. The maximum absolute atomic E-state index is 11.6. The van der Waals surface area contributed by atoms with Gasteiger partial charge in [0.05, 0.1) is 0 Å². The number of hydrogen-bond donors (Lipinski definition) is 3. The number of carbonyl (C=O) groups excluding carboxylic acids is 2. The van der Waals surface area contributed by atoms with E-state index in [1.807, 2.05) is 13.0 Å². The smallest absolute Gasteiger partial charge is 0.319 e. The molecular weight excluding hydrogens is 230 g/mol. The third kappa shape index (κ3) is 3.00. The molecule has 0 aromatic heterocycles. The van der Waals surface area contributed by atoms with E-state index in [2.05, 4.69) is 16.0 Å². The predicted octanol–water partition coefficient (Wildman–Crippen LogP) is 1.64. The van der Waals surface area contributed by atoms with Crippen molar-refractivity contribution in [3.8, 4) is 0 Å². The first kappa shape index (κ1) is 12.4. The molecule has 96 valence electrons. The zero-order valence-corrected chi connectivity index (χ0v) is 10.5. The SMILES string of the molecule is CNC(=O)c1ccc(C)c(NC(=O)NC2CC2)c1. The van der Waals surface area contributed by atoms with Gasteiger partial charge in [-0.15, -0.1) is 0 Å². The number of benzene rings is 1. The van der Waals surface area contributed by atoms with E-state index < -0.39 is 0 Å². The average Bonchev–Trinajstić information content (AvgIpc) is 3.14. The minimum absolute atomic E-state index is 0.166. The molecular formula is C13H17N3O2. The second-order valence-corrected chi connectivity index (χ2v) is 4.48. The van der Waals surface area contributed by atoms with Gasteiger partial charge in [0.2, 0.25) is 0 Å². The van der Waals surface area contributed by atoms with Crippen molar-refractivity contribution in [1.82, 2.24) is 10.6 Å². The molecule has 1 aromatic carbocycles. The molecule has 0 radical (unpaired) electrons. The minimum atomic E-state index is -0.213. The molecule has 3 N–H and O–H groups in total. The van der Waals surface area contributed by atoms with Crippen LogP contribution in [0.5, 0.6) is 0 Å². The van der Waals surface area contributed by atoms with E-state index in [1.165, 1.54) is 0 Å². The van der Waals surface area contributed by atoms with Crippen LogP contribution in [0.3, 0.4) is 0 Å². The van der Waals surface area contributed by atoms with E-state index in [0.29, 0.717) is 17.3 Å². The third-order valence-corrected chi connectivity index (χ3v) is 2.89. The summed E-state index contributed by atoms with van der Waals surface area (Å²) in [6.45, 7) is 1.89. The number of nitrogens with one attached hydrogen (secondary N) is 3. The number of hydrogen-bond acceptors (Lipinski definition) is 2. The Hall–Kier alpha value is -2.04. The fourth-order valence-corrected chi connectivity index (χ4v) is 1.61. The van der Waals surface area contributed by atoms with Gasteiger partial charge in [-0.25, -0.2) is 4.79 Å². The second kappa shape index (κ2) is 5.08. The molecule has 3 amide bonds. The molecule has 0 heterocycles.